The molecule has 3 nitrogen and oxygen atoms in total. The topological polar surface area (TPSA) is 46.2 Å². The van der Waals surface area contributed by atoms with Crippen molar-refractivity contribution >= 4 is 38.9 Å². The van der Waals surface area contributed by atoms with Crippen molar-refractivity contribution in [2.75, 3.05) is 4.72 Å². The molecule has 0 amide bonds. The second kappa shape index (κ2) is 7.66. The fourth-order valence-electron chi connectivity index (χ4n) is 2.51. The van der Waals surface area contributed by atoms with E-state index in [0.29, 0.717) is 32.4 Å². The molecule has 0 fully saturated rings. The fraction of sp³-hybridized carbons (Fsp3) is 0.0526. The average Bonchev–Trinajstić information content (AvgIpc) is 2.59. The van der Waals surface area contributed by atoms with Crippen LogP contribution in [0, 0.1) is 5.82 Å². The summed E-state index contributed by atoms with van der Waals surface area (Å²) in [5.74, 6) is -0.604. The maximum absolute atomic E-state index is 13.1. The number of halogens is 3. The molecule has 0 radical (unpaired) electrons. The Kier molecular flexibility index (Phi) is 5.51. The van der Waals surface area contributed by atoms with Crippen molar-refractivity contribution in [3.05, 3.63) is 88.2 Å². The molecule has 0 unspecified atom stereocenters. The highest BCUT2D eigenvalue weighted by Gasteiger charge is 2.15. The Morgan fingerprint density at radius 2 is 1.58 bits per heavy atom. The third-order valence-corrected chi connectivity index (χ3v) is 5.67. The highest BCUT2D eigenvalue weighted by Crippen LogP contribution is 2.29. The number of benzene rings is 3. The van der Waals surface area contributed by atoms with Crippen LogP contribution < -0.4 is 4.72 Å². The van der Waals surface area contributed by atoms with E-state index in [0.717, 1.165) is 0 Å². The lowest BCUT2D eigenvalue weighted by Crippen LogP contribution is -2.15. The molecule has 0 atom stereocenters. The summed E-state index contributed by atoms with van der Waals surface area (Å²) in [6, 6.07) is 17.5. The molecule has 0 aromatic heterocycles. The minimum atomic E-state index is -3.68. The zero-order valence-corrected chi connectivity index (χ0v) is 15.7. The van der Waals surface area contributed by atoms with Crippen LogP contribution in [0.5, 0.6) is 0 Å². The van der Waals surface area contributed by atoms with Gasteiger partial charge in [-0.15, -0.1) is 0 Å². The summed E-state index contributed by atoms with van der Waals surface area (Å²) in [6.07, 6.45) is 0. The minimum Gasteiger partial charge on any atom is -0.283 e. The first-order chi connectivity index (χ1) is 12.3. The van der Waals surface area contributed by atoms with Crippen LogP contribution in [-0.4, -0.2) is 8.42 Å². The first-order valence-electron chi connectivity index (χ1n) is 7.63. The molecule has 3 rings (SSSR count). The van der Waals surface area contributed by atoms with Crippen LogP contribution in [0.15, 0.2) is 66.7 Å². The molecule has 134 valence electrons. The number of para-hydroxylation sites is 1. The van der Waals surface area contributed by atoms with Crippen LogP contribution in [0.4, 0.5) is 10.1 Å². The first kappa shape index (κ1) is 18.7. The number of hydrogen-bond donors (Lipinski definition) is 1. The van der Waals surface area contributed by atoms with E-state index in [1.807, 2.05) is 0 Å². The third-order valence-electron chi connectivity index (χ3n) is 3.69. The molecule has 3 aromatic carbocycles. The molecule has 0 saturated heterocycles. The van der Waals surface area contributed by atoms with Gasteiger partial charge in [-0.1, -0.05) is 59.6 Å². The van der Waals surface area contributed by atoms with E-state index in [-0.39, 0.29) is 11.6 Å². The molecule has 0 aliphatic heterocycles. The summed E-state index contributed by atoms with van der Waals surface area (Å²) >= 11 is 11.8. The smallest absolute Gasteiger partial charge is 0.236 e. The van der Waals surface area contributed by atoms with Crippen LogP contribution >= 0.6 is 23.2 Å². The van der Waals surface area contributed by atoms with E-state index in [1.165, 1.54) is 18.2 Å². The molecule has 0 aliphatic carbocycles. The first-order valence-corrected chi connectivity index (χ1v) is 10.0. The molecule has 0 bridgehead atoms. The molecule has 26 heavy (non-hydrogen) atoms. The molecular formula is C19H14Cl2FNO2S. The summed E-state index contributed by atoms with van der Waals surface area (Å²) in [4.78, 5) is 0. The highest BCUT2D eigenvalue weighted by atomic mass is 35.5. The van der Waals surface area contributed by atoms with Crippen LogP contribution in [0.25, 0.3) is 11.1 Å². The van der Waals surface area contributed by atoms with Crippen molar-refractivity contribution in [2.45, 2.75) is 5.75 Å². The Balaban J connectivity index is 1.88. The third kappa shape index (κ3) is 4.55. The fourth-order valence-corrected chi connectivity index (χ4v) is 4.03. The number of anilines is 1. The Hall–Kier alpha value is -2.08. The average molecular weight is 410 g/mol. The van der Waals surface area contributed by atoms with Crippen molar-refractivity contribution < 1.29 is 12.8 Å². The molecule has 3 aromatic rings. The SMILES string of the molecule is O=S(=O)(Cc1ccc(Cl)c(Cl)c1)Nc1ccccc1-c1ccc(F)cc1. The lowest BCUT2D eigenvalue weighted by molar-refractivity contribution is 0.600. The van der Waals surface area contributed by atoms with Crippen LogP contribution in [0.1, 0.15) is 5.56 Å². The van der Waals surface area contributed by atoms with Crippen molar-refractivity contribution in [3.8, 4) is 11.1 Å². The summed E-state index contributed by atoms with van der Waals surface area (Å²) < 4.78 is 40.8. The van der Waals surface area contributed by atoms with Crippen molar-refractivity contribution in [1.82, 2.24) is 0 Å². The number of rotatable bonds is 5. The molecule has 0 aliphatic rings. The van der Waals surface area contributed by atoms with Gasteiger partial charge >= 0.3 is 0 Å². The second-order valence-corrected chi connectivity index (χ2v) is 8.20. The summed E-state index contributed by atoms with van der Waals surface area (Å²) in [6.45, 7) is 0. The van der Waals surface area contributed by atoms with Gasteiger partial charge in [-0.25, -0.2) is 12.8 Å². The highest BCUT2D eigenvalue weighted by molar-refractivity contribution is 7.91. The predicted octanol–water partition coefficient (Wildman–Crippen LogP) is 5.74. The quantitative estimate of drug-likeness (QED) is 0.583. The minimum absolute atomic E-state index is 0.248. The largest absolute Gasteiger partial charge is 0.283 e. The lowest BCUT2D eigenvalue weighted by atomic mass is 10.0. The van der Waals surface area contributed by atoms with Crippen LogP contribution in [0.3, 0.4) is 0 Å². The van der Waals surface area contributed by atoms with Gasteiger partial charge in [0.05, 0.1) is 21.5 Å². The van der Waals surface area contributed by atoms with Crippen LogP contribution in [0.2, 0.25) is 10.0 Å². The van der Waals surface area contributed by atoms with Gasteiger partial charge in [0.1, 0.15) is 5.82 Å². The number of hydrogen-bond acceptors (Lipinski definition) is 2. The summed E-state index contributed by atoms with van der Waals surface area (Å²) in [7, 11) is -3.68. The molecule has 0 saturated carbocycles. The van der Waals surface area contributed by atoms with Crippen molar-refractivity contribution in [1.29, 1.82) is 0 Å². The number of sulfonamides is 1. The Labute approximate surface area is 161 Å². The van der Waals surface area contributed by atoms with Crippen LogP contribution in [-0.2, 0) is 15.8 Å². The predicted molar refractivity (Wildman–Crippen MR) is 105 cm³/mol. The summed E-state index contributed by atoms with van der Waals surface area (Å²) in [5, 5.41) is 0.661. The number of nitrogens with one attached hydrogen (secondary N) is 1. The zero-order valence-electron chi connectivity index (χ0n) is 13.4. The molecule has 0 heterocycles. The van der Waals surface area contributed by atoms with E-state index in [9.17, 15) is 12.8 Å². The van der Waals surface area contributed by atoms with Gasteiger partial charge in [0.15, 0.2) is 0 Å². The molecule has 7 heteroatoms. The van der Waals surface area contributed by atoms with E-state index >= 15 is 0 Å². The van der Waals surface area contributed by atoms with Gasteiger partial charge in [0.25, 0.3) is 0 Å². The maximum atomic E-state index is 13.1. The van der Waals surface area contributed by atoms with Crippen molar-refractivity contribution in [2.24, 2.45) is 0 Å². The van der Waals surface area contributed by atoms with Gasteiger partial charge in [0, 0.05) is 5.56 Å². The lowest BCUT2D eigenvalue weighted by Gasteiger charge is -2.13. The maximum Gasteiger partial charge on any atom is 0.236 e. The Morgan fingerprint density at radius 1 is 0.885 bits per heavy atom. The van der Waals surface area contributed by atoms with E-state index in [2.05, 4.69) is 4.72 Å². The molecule has 1 N–H and O–H groups in total. The monoisotopic (exact) mass is 409 g/mol. The van der Waals surface area contributed by atoms with E-state index in [1.54, 1.807) is 48.5 Å². The zero-order chi connectivity index (χ0) is 18.7. The summed E-state index contributed by atoms with van der Waals surface area (Å²) in [5.41, 5.74) is 2.30. The van der Waals surface area contributed by atoms with E-state index in [4.69, 9.17) is 23.2 Å². The second-order valence-electron chi connectivity index (χ2n) is 5.66. The Morgan fingerprint density at radius 3 is 2.27 bits per heavy atom. The van der Waals surface area contributed by atoms with Gasteiger partial charge in [-0.05, 0) is 41.5 Å². The molecular weight excluding hydrogens is 396 g/mol. The van der Waals surface area contributed by atoms with Gasteiger partial charge in [0.2, 0.25) is 10.0 Å². The van der Waals surface area contributed by atoms with Crippen molar-refractivity contribution in [3.63, 3.8) is 0 Å². The molecule has 0 spiro atoms. The van der Waals surface area contributed by atoms with Gasteiger partial charge in [-0.2, -0.15) is 0 Å². The normalized spacial score (nSPS) is 11.3. The van der Waals surface area contributed by atoms with Gasteiger partial charge < -0.3 is 0 Å². The standard InChI is InChI=1S/C19H14Cl2FNO2S/c20-17-10-5-13(11-18(17)21)12-26(24,25)23-19-4-2-1-3-16(19)14-6-8-15(22)9-7-14/h1-11,23H,12H2. The van der Waals surface area contributed by atoms with E-state index < -0.39 is 10.0 Å². The Bertz CT molecular complexity index is 1040. The van der Waals surface area contributed by atoms with Gasteiger partial charge in [-0.3, -0.25) is 4.72 Å².